The van der Waals surface area contributed by atoms with Crippen LogP contribution in [-0.4, -0.2) is 32.8 Å². The van der Waals surface area contributed by atoms with Gasteiger partial charge in [-0.2, -0.15) is 5.10 Å². The van der Waals surface area contributed by atoms with Gasteiger partial charge in [0.25, 0.3) is 5.91 Å². The van der Waals surface area contributed by atoms with Gasteiger partial charge in [0.15, 0.2) is 0 Å². The van der Waals surface area contributed by atoms with Crippen LogP contribution in [0.4, 0.5) is 11.4 Å². The molecular weight excluding hydrogens is 516 g/mol. The summed E-state index contributed by atoms with van der Waals surface area (Å²) in [5, 5.41) is 7.04. The van der Waals surface area contributed by atoms with Gasteiger partial charge in [0.05, 0.1) is 18.4 Å². The number of nitrogens with zero attached hydrogens (tertiary/aromatic N) is 2. The highest BCUT2D eigenvalue weighted by molar-refractivity contribution is 9.13. The van der Waals surface area contributed by atoms with E-state index in [2.05, 4.69) is 63.6 Å². The van der Waals surface area contributed by atoms with E-state index in [0.717, 1.165) is 30.4 Å². The molecule has 2 aromatic carbocycles. The molecule has 0 aliphatic rings. The van der Waals surface area contributed by atoms with Gasteiger partial charge in [0.2, 0.25) is 0 Å². The van der Waals surface area contributed by atoms with Gasteiger partial charge in [-0.25, -0.2) is 5.43 Å². The van der Waals surface area contributed by atoms with Crippen molar-refractivity contribution in [1.82, 2.24) is 5.43 Å². The summed E-state index contributed by atoms with van der Waals surface area (Å²) in [7, 11) is 3.97. The van der Waals surface area contributed by atoms with E-state index >= 15 is 0 Å². The number of carbonyl (C=O) groups excluding carboxylic acids is 1. The van der Waals surface area contributed by atoms with Crippen molar-refractivity contribution >= 4 is 71.3 Å². The summed E-state index contributed by atoms with van der Waals surface area (Å²) in [5.74, 6) is -0.230. The lowest BCUT2D eigenvalue weighted by Gasteiger charge is -2.11. The Hall–Kier alpha value is -1.38. The molecule has 0 bridgehead atoms. The molecule has 0 unspecified atom stereocenters. The van der Waals surface area contributed by atoms with E-state index in [0.29, 0.717) is 0 Å². The molecule has 0 heterocycles. The first-order chi connectivity index (χ1) is 11.9. The highest BCUT2D eigenvalue weighted by Gasteiger charge is 2.06. The van der Waals surface area contributed by atoms with Crippen LogP contribution in [0.25, 0.3) is 0 Å². The van der Waals surface area contributed by atoms with Crippen molar-refractivity contribution < 1.29 is 4.79 Å². The van der Waals surface area contributed by atoms with Gasteiger partial charge in [-0.15, -0.1) is 0 Å². The number of hydrazone groups is 1. The van der Waals surface area contributed by atoms with E-state index in [-0.39, 0.29) is 12.5 Å². The van der Waals surface area contributed by atoms with E-state index in [4.69, 9.17) is 0 Å². The van der Waals surface area contributed by atoms with Gasteiger partial charge >= 0.3 is 0 Å². The molecule has 132 valence electrons. The monoisotopic (exact) mass is 530 g/mol. The fourth-order valence-electron chi connectivity index (χ4n) is 1.91. The topological polar surface area (TPSA) is 56.7 Å². The zero-order valence-electron chi connectivity index (χ0n) is 13.7. The third kappa shape index (κ3) is 6.13. The first kappa shape index (κ1) is 19.9. The maximum atomic E-state index is 11.9. The minimum Gasteiger partial charge on any atom is -0.378 e. The fraction of sp³-hybridized carbons (Fsp3) is 0.176. The number of hydrogen-bond acceptors (Lipinski definition) is 4. The number of nitrogens with one attached hydrogen (secondary N) is 2. The highest BCUT2D eigenvalue weighted by Crippen LogP contribution is 2.32. The lowest BCUT2D eigenvalue weighted by atomic mass is 10.2. The van der Waals surface area contributed by atoms with Crippen molar-refractivity contribution in [2.24, 2.45) is 5.10 Å². The van der Waals surface area contributed by atoms with Crippen LogP contribution in [0.5, 0.6) is 0 Å². The van der Waals surface area contributed by atoms with Crippen molar-refractivity contribution in [2.45, 2.75) is 0 Å². The van der Waals surface area contributed by atoms with Crippen molar-refractivity contribution in [2.75, 3.05) is 30.9 Å². The average molecular weight is 533 g/mol. The predicted molar refractivity (Wildman–Crippen MR) is 115 cm³/mol. The Kier molecular flexibility index (Phi) is 7.46. The van der Waals surface area contributed by atoms with Gasteiger partial charge in [0, 0.05) is 33.2 Å². The molecule has 25 heavy (non-hydrogen) atoms. The highest BCUT2D eigenvalue weighted by atomic mass is 79.9. The molecule has 8 heteroatoms. The van der Waals surface area contributed by atoms with Crippen LogP contribution in [0.3, 0.4) is 0 Å². The SMILES string of the molecule is CN(C)c1ccc(/C=N/NC(=O)CNc2cc(Br)c(Br)cc2Br)cc1. The van der Waals surface area contributed by atoms with Gasteiger partial charge in [-0.1, -0.05) is 12.1 Å². The summed E-state index contributed by atoms with van der Waals surface area (Å²) in [6.45, 7) is 0.115. The van der Waals surface area contributed by atoms with Crippen LogP contribution < -0.4 is 15.6 Å². The summed E-state index contributed by atoms with van der Waals surface area (Å²) in [6.07, 6.45) is 1.61. The molecular formula is C17H17Br3N4O. The lowest BCUT2D eigenvalue weighted by Crippen LogP contribution is -2.26. The molecule has 0 saturated heterocycles. The summed E-state index contributed by atoms with van der Waals surface area (Å²) in [5.41, 5.74) is 5.34. The number of carbonyl (C=O) groups is 1. The second kappa shape index (κ2) is 9.35. The Balaban J connectivity index is 1.85. The van der Waals surface area contributed by atoms with Crippen molar-refractivity contribution in [1.29, 1.82) is 0 Å². The summed E-state index contributed by atoms with van der Waals surface area (Å²) < 4.78 is 2.69. The third-order valence-corrected chi connectivity index (χ3v) is 5.76. The average Bonchev–Trinajstić information content (AvgIpc) is 2.57. The van der Waals surface area contributed by atoms with Crippen LogP contribution >= 0.6 is 47.8 Å². The van der Waals surface area contributed by atoms with Crippen LogP contribution in [-0.2, 0) is 4.79 Å². The minimum atomic E-state index is -0.230. The Morgan fingerprint density at radius 3 is 2.36 bits per heavy atom. The van der Waals surface area contributed by atoms with E-state index < -0.39 is 0 Å². The maximum absolute atomic E-state index is 11.9. The largest absolute Gasteiger partial charge is 0.378 e. The Morgan fingerprint density at radius 1 is 1.08 bits per heavy atom. The number of anilines is 2. The smallest absolute Gasteiger partial charge is 0.259 e. The molecule has 5 nitrogen and oxygen atoms in total. The first-order valence-electron chi connectivity index (χ1n) is 7.34. The summed E-state index contributed by atoms with van der Waals surface area (Å²) in [6, 6.07) is 11.7. The third-order valence-electron chi connectivity index (χ3n) is 3.26. The molecule has 0 aliphatic heterocycles. The quantitative estimate of drug-likeness (QED) is 0.325. The van der Waals surface area contributed by atoms with Crippen LogP contribution in [0.2, 0.25) is 0 Å². The van der Waals surface area contributed by atoms with Gasteiger partial charge in [-0.05, 0) is 77.6 Å². The fourth-order valence-corrected chi connectivity index (χ4v) is 3.39. The van der Waals surface area contributed by atoms with Crippen LogP contribution in [0.15, 0.2) is 54.9 Å². The standard InChI is InChI=1S/C17H17Br3N4O/c1-24(2)12-5-3-11(4-6-12)9-22-23-17(25)10-21-16-8-14(19)13(18)7-15(16)20/h3-9,21H,10H2,1-2H3,(H,23,25)/b22-9+. The van der Waals surface area contributed by atoms with Gasteiger partial charge in [-0.3, -0.25) is 4.79 Å². The van der Waals surface area contributed by atoms with E-state index in [9.17, 15) is 4.79 Å². The normalized spacial score (nSPS) is 10.8. The molecule has 1 amide bonds. The molecule has 0 fully saturated rings. The second-order valence-corrected chi connectivity index (χ2v) is 7.94. The molecule has 0 atom stereocenters. The van der Waals surface area contributed by atoms with Gasteiger partial charge in [0.1, 0.15) is 0 Å². The molecule has 0 aliphatic carbocycles. The second-order valence-electron chi connectivity index (χ2n) is 5.38. The van der Waals surface area contributed by atoms with Crippen molar-refractivity contribution in [3.63, 3.8) is 0 Å². The number of amides is 1. The maximum Gasteiger partial charge on any atom is 0.259 e. The minimum absolute atomic E-state index is 0.115. The molecule has 2 rings (SSSR count). The number of rotatable bonds is 6. The summed E-state index contributed by atoms with van der Waals surface area (Å²) in [4.78, 5) is 13.9. The van der Waals surface area contributed by atoms with Crippen molar-refractivity contribution in [3.05, 3.63) is 55.4 Å². The Bertz CT molecular complexity index is 776. The predicted octanol–water partition coefficient (Wildman–Crippen LogP) is 4.60. The van der Waals surface area contributed by atoms with Crippen molar-refractivity contribution in [3.8, 4) is 0 Å². The Labute approximate surface area is 172 Å². The molecule has 2 aromatic rings. The molecule has 0 aromatic heterocycles. The van der Waals surface area contributed by atoms with E-state index in [1.54, 1.807) is 6.21 Å². The lowest BCUT2D eigenvalue weighted by molar-refractivity contribution is -0.119. The number of hydrogen-bond donors (Lipinski definition) is 2. The zero-order chi connectivity index (χ0) is 18.4. The summed E-state index contributed by atoms with van der Waals surface area (Å²) >= 11 is 10.3. The van der Waals surface area contributed by atoms with Gasteiger partial charge < -0.3 is 10.2 Å². The first-order valence-corrected chi connectivity index (χ1v) is 9.72. The Morgan fingerprint density at radius 2 is 1.72 bits per heavy atom. The molecule has 0 spiro atoms. The van der Waals surface area contributed by atoms with Crippen LogP contribution in [0, 0.1) is 0 Å². The number of halogens is 3. The van der Waals surface area contributed by atoms with E-state index in [1.807, 2.05) is 55.4 Å². The number of benzene rings is 2. The zero-order valence-corrected chi connectivity index (χ0v) is 18.4. The molecule has 0 radical (unpaired) electrons. The molecule has 2 N–H and O–H groups in total. The van der Waals surface area contributed by atoms with Crippen LogP contribution in [0.1, 0.15) is 5.56 Å². The van der Waals surface area contributed by atoms with E-state index in [1.165, 1.54) is 0 Å². The molecule has 0 saturated carbocycles.